The van der Waals surface area contributed by atoms with E-state index in [-0.39, 0.29) is 29.4 Å². The molecule has 0 fully saturated rings. The lowest BCUT2D eigenvalue weighted by Crippen LogP contribution is -2.30. The summed E-state index contributed by atoms with van der Waals surface area (Å²) in [5.74, 6) is -2.06. The number of rotatable bonds is 7. The first-order chi connectivity index (χ1) is 15.4. The van der Waals surface area contributed by atoms with Gasteiger partial charge in [0.15, 0.2) is 0 Å². The highest BCUT2D eigenvalue weighted by molar-refractivity contribution is 5.95. The minimum Gasteiger partial charge on any atom is -0.325 e. The molecule has 1 amide bonds. The first kappa shape index (κ1) is 21.3. The van der Waals surface area contributed by atoms with Gasteiger partial charge in [-0.1, -0.05) is 6.08 Å². The molecule has 0 saturated carbocycles. The Bertz CT molecular complexity index is 1290. The SMILES string of the molecule is C=CCN(C)CC(=O)Nc1cc(F)c(-c2cc3c(-c4cnn(C)c4)n[nH]c3cn2)c(F)c1. The van der Waals surface area contributed by atoms with Crippen LogP contribution in [0, 0.1) is 11.6 Å². The molecule has 32 heavy (non-hydrogen) atoms. The van der Waals surface area contributed by atoms with Crippen molar-refractivity contribution in [1.29, 1.82) is 0 Å². The summed E-state index contributed by atoms with van der Waals surface area (Å²) in [6, 6.07) is 3.73. The quantitative estimate of drug-likeness (QED) is 0.433. The molecule has 0 radical (unpaired) electrons. The molecule has 0 aliphatic heterocycles. The third-order valence-corrected chi connectivity index (χ3v) is 4.86. The summed E-state index contributed by atoms with van der Waals surface area (Å²) < 4.78 is 31.4. The zero-order chi connectivity index (χ0) is 22.8. The van der Waals surface area contributed by atoms with Crippen LogP contribution in [-0.2, 0) is 11.8 Å². The fraction of sp³-hybridized carbons (Fsp3) is 0.182. The van der Waals surface area contributed by atoms with E-state index in [1.54, 1.807) is 48.2 Å². The van der Waals surface area contributed by atoms with Gasteiger partial charge < -0.3 is 5.32 Å². The van der Waals surface area contributed by atoms with Crippen LogP contribution in [-0.4, -0.2) is 55.9 Å². The maximum atomic E-state index is 14.9. The average Bonchev–Trinajstić information content (AvgIpc) is 3.33. The first-order valence-corrected chi connectivity index (χ1v) is 9.77. The van der Waals surface area contributed by atoms with Crippen molar-refractivity contribution in [2.75, 3.05) is 25.5 Å². The van der Waals surface area contributed by atoms with Gasteiger partial charge in [-0.25, -0.2) is 8.78 Å². The summed E-state index contributed by atoms with van der Waals surface area (Å²) in [6.45, 7) is 4.18. The molecule has 3 aromatic heterocycles. The highest BCUT2D eigenvalue weighted by atomic mass is 19.1. The van der Waals surface area contributed by atoms with E-state index in [0.717, 1.165) is 17.7 Å². The average molecular weight is 437 g/mol. The number of halogens is 2. The van der Waals surface area contributed by atoms with Gasteiger partial charge in [-0.05, 0) is 25.2 Å². The number of aromatic amines is 1. The number of hydrogen-bond acceptors (Lipinski definition) is 5. The van der Waals surface area contributed by atoms with Crippen LogP contribution in [0.1, 0.15) is 0 Å². The molecule has 2 N–H and O–H groups in total. The Morgan fingerprint density at radius 2 is 2.03 bits per heavy atom. The van der Waals surface area contributed by atoms with Crippen LogP contribution in [0.4, 0.5) is 14.5 Å². The van der Waals surface area contributed by atoms with Crippen LogP contribution in [0.2, 0.25) is 0 Å². The van der Waals surface area contributed by atoms with Gasteiger partial charge >= 0.3 is 0 Å². The number of nitrogens with zero attached hydrogens (tertiary/aromatic N) is 5. The molecular formula is C22H21F2N7O. The number of H-pyrrole nitrogens is 1. The maximum Gasteiger partial charge on any atom is 0.238 e. The lowest BCUT2D eigenvalue weighted by atomic mass is 10.1. The number of amides is 1. The minimum atomic E-state index is -0.835. The third kappa shape index (κ3) is 4.26. The van der Waals surface area contributed by atoms with Gasteiger partial charge in [-0.15, -0.1) is 6.58 Å². The standard InChI is InChI=1S/C22H21F2N7O/c1-4-5-30(2)12-20(32)27-14-6-16(23)21(17(24)7-14)18-8-15-19(10-25-18)28-29-22(15)13-9-26-31(3)11-13/h4,6-11H,1,5,12H2,2-3H3,(H,27,32)(H,28,29). The molecular weight excluding hydrogens is 416 g/mol. The van der Waals surface area contributed by atoms with E-state index in [4.69, 9.17) is 0 Å². The molecule has 10 heteroatoms. The van der Waals surface area contributed by atoms with E-state index < -0.39 is 11.6 Å². The highest BCUT2D eigenvalue weighted by Gasteiger charge is 2.18. The Kier molecular flexibility index (Phi) is 5.78. The van der Waals surface area contributed by atoms with E-state index in [0.29, 0.717) is 23.1 Å². The van der Waals surface area contributed by atoms with Crippen molar-refractivity contribution in [2.45, 2.75) is 0 Å². The van der Waals surface area contributed by atoms with Gasteiger partial charge in [-0.2, -0.15) is 10.2 Å². The van der Waals surface area contributed by atoms with Gasteiger partial charge in [0.1, 0.15) is 17.3 Å². The number of carbonyl (C=O) groups is 1. The monoisotopic (exact) mass is 437 g/mol. The molecule has 0 atom stereocenters. The Morgan fingerprint density at radius 3 is 2.69 bits per heavy atom. The van der Waals surface area contributed by atoms with Gasteiger partial charge in [0.25, 0.3) is 0 Å². The normalized spacial score (nSPS) is 11.3. The number of aromatic nitrogens is 5. The summed E-state index contributed by atoms with van der Waals surface area (Å²) in [5, 5.41) is 14.4. The van der Waals surface area contributed by atoms with Crippen molar-refractivity contribution in [2.24, 2.45) is 7.05 Å². The number of fused-ring (bicyclic) bond motifs is 1. The highest BCUT2D eigenvalue weighted by Crippen LogP contribution is 2.32. The predicted molar refractivity (Wildman–Crippen MR) is 118 cm³/mol. The van der Waals surface area contributed by atoms with Crippen LogP contribution in [0.5, 0.6) is 0 Å². The van der Waals surface area contributed by atoms with E-state index in [9.17, 15) is 13.6 Å². The van der Waals surface area contributed by atoms with Crippen molar-refractivity contribution in [3.63, 3.8) is 0 Å². The number of carbonyl (C=O) groups excluding carboxylic acids is 1. The predicted octanol–water partition coefficient (Wildman–Crippen LogP) is 3.36. The molecule has 164 valence electrons. The lowest BCUT2D eigenvalue weighted by Gasteiger charge is -2.14. The van der Waals surface area contributed by atoms with Crippen LogP contribution < -0.4 is 5.32 Å². The summed E-state index contributed by atoms with van der Waals surface area (Å²) in [6.07, 6.45) is 6.58. The Labute approximate surface area is 182 Å². The molecule has 0 spiro atoms. The van der Waals surface area contributed by atoms with Crippen LogP contribution in [0.3, 0.4) is 0 Å². The number of aryl methyl sites for hydroxylation is 1. The smallest absolute Gasteiger partial charge is 0.238 e. The molecule has 0 saturated heterocycles. The molecule has 8 nitrogen and oxygen atoms in total. The van der Waals surface area contributed by atoms with Crippen LogP contribution in [0.25, 0.3) is 33.4 Å². The van der Waals surface area contributed by atoms with Gasteiger partial charge in [-0.3, -0.25) is 24.5 Å². The van der Waals surface area contributed by atoms with Gasteiger partial charge in [0.2, 0.25) is 5.91 Å². The molecule has 3 heterocycles. The summed E-state index contributed by atoms with van der Waals surface area (Å²) >= 11 is 0. The van der Waals surface area contributed by atoms with E-state index in [1.165, 1.54) is 6.20 Å². The van der Waals surface area contributed by atoms with Crippen molar-refractivity contribution < 1.29 is 13.6 Å². The van der Waals surface area contributed by atoms with Crippen LogP contribution >= 0.6 is 0 Å². The molecule has 4 aromatic rings. The topological polar surface area (TPSA) is 91.7 Å². The van der Waals surface area contributed by atoms with Gasteiger partial charge in [0.05, 0.1) is 35.7 Å². The van der Waals surface area contributed by atoms with E-state index >= 15 is 0 Å². The van der Waals surface area contributed by atoms with E-state index in [2.05, 4.69) is 32.2 Å². The van der Waals surface area contributed by atoms with Crippen molar-refractivity contribution >= 4 is 22.5 Å². The summed E-state index contributed by atoms with van der Waals surface area (Å²) in [5.41, 5.74) is 1.85. The fourth-order valence-electron chi connectivity index (χ4n) is 3.44. The van der Waals surface area contributed by atoms with Crippen LogP contribution in [0.15, 0.2) is 49.4 Å². The Morgan fingerprint density at radius 1 is 1.28 bits per heavy atom. The van der Waals surface area contributed by atoms with Gasteiger partial charge in [0, 0.05) is 36.4 Å². The third-order valence-electron chi connectivity index (χ3n) is 4.86. The second-order valence-corrected chi connectivity index (χ2v) is 7.44. The second-order valence-electron chi connectivity index (χ2n) is 7.44. The zero-order valence-corrected chi connectivity index (χ0v) is 17.6. The summed E-state index contributed by atoms with van der Waals surface area (Å²) in [4.78, 5) is 18.0. The van der Waals surface area contributed by atoms with Crippen molar-refractivity contribution in [3.8, 4) is 22.5 Å². The van der Waals surface area contributed by atoms with Crippen molar-refractivity contribution in [1.82, 2.24) is 29.9 Å². The molecule has 1 aromatic carbocycles. The molecule has 0 unspecified atom stereocenters. The number of likely N-dealkylation sites (N-methyl/N-ethyl adjacent to an activating group) is 1. The number of benzene rings is 1. The fourth-order valence-corrected chi connectivity index (χ4v) is 3.44. The van der Waals surface area contributed by atoms with Crippen molar-refractivity contribution in [3.05, 3.63) is 61.1 Å². The molecule has 0 bridgehead atoms. The lowest BCUT2D eigenvalue weighted by molar-refractivity contribution is -0.116. The number of hydrogen-bond donors (Lipinski definition) is 2. The largest absolute Gasteiger partial charge is 0.325 e. The van der Waals surface area contributed by atoms with E-state index in [1.807, 2.05) is 0 Å². The maximum absolute atomic E-state index is 14.9. The summed E-state index contributed by atoms with van der Waals surface area (Å²) in [7, 11) is 3.52. The second kappa shape index (κ2) is 8.67. The first-order valence-electron chi connectivity index (χ1n) is 9.77. The number of pyridine rings is 1. The number of nitrogens with one attached hydrogen (secondary N) is 2. The zero-order valence-electron chi connectivity index (χ0n) is 17.6. The molecule has 4 rings (SSSR count). The number of anilines is 1. The molecule has 0 aliphatic carbocycles. The molecule has 0 aliphatic rings. The Balaban J connectivity index is 1.65. The Hall–Kier alpha value is -3.92. The minimum absolute atomic E-state index is 0.0289.